The summed E-state index contributed by atoms with van der Waals surface area (Å²) >= 11 is 0. The number of rotatable bonds is 4. The van der Waals surface area contributed by atoms with Crippen molar-refractivity contribution in [1.82, 2.24) is 9.78 Å². The number of aromatic nitrogens is 2. The fraction of sp³-hybridized carbons (Fsp3) is 0.389. The van der Waals surface area contributed by atoms with Gasteiger partial charge in [-0.1, -0.05) is 12.8 Å². The fourth-order valence-corrected chi connectivity index (χ4v) is 3.00. The largest absolute Gasteiger partial charge is 0.496 e. The number of halogens is 1. The van der Waals surface area contributed by atoms with E-state index in [4.69, 9.17) is 10.5 Å². The van der Waals surface area contributed by atoms with Gasteiger partial charge in [0, 0.05) is 11.6 Å². The average Bonchev–Trinajstić information content (AvgIpc) is 3.23. The van der Waals surface area contributed by atoms with Crippen LogP contribution in [0.3, 0.4) is 0 Å². The molecule has 0 atom stereocenters. The van der Waals surface area contributed by atoms with Crippen molar-refractivity contribution in [3.05, 3.63) is 41.3 Å². The molecule has 1 aliphatic rings. The smallest absolute Gasteiger partial charge is 0.233 e. The Labute approximate surface area is 145 Å². The normalized spacial score (nSPS) is 15.6. The first-order valence-electron chi connectivity index (χ1n) is 8.27. The van der Waals surface area contributed by atoms with Crippen LogP contribution in [0.2, 0.25) is 0 Å². The maximum atomic E-state index is 13.5. The molecule has 25 heavy (non-hydrogen) atoms. The lowest BCUT2D eigenvalue weighted by Crippen LogP contribution is -2.28. The molecule has 0 bridgehead atoms. The van der Waals surface area contributed by atoms with Crippen LogP contribution in [0, 0.1) is 12.7 Å². The monoisotopic (exact) mass is 344 g/mol. The third-order valence-electron chi connectivity index (χ3n) is 4.44. The van der Waals surface area contributed by atoms with Crippen molar-refractivity contribution in [1.29, 1.82) is 0 Å². The molecule has 2 aromatic rings. The molecule has 132 valence electrons. The van der Waals surface area contributed by atoms with E-state index in [1.807, 2.05) is 6.92 Å². The predicted molar refractivity (Wildman–Crippen MR) is 93.7 cm³/mol. The van der Waals surface area contributed by atoms with E-state index in [2.05, 4.69) is 10.1 Å². The van der Waals surface area contributed by atoms with Gasteiger partial charge in [0.2, 0.25) is 5.78 Å². The number of methoxy groups -OCH3 is 1. The van der Waals surface area contributed by atoms with Crippen LogP contribution in [0.5, 0.6) is 5.75 Å². The van der Waals surface area contributed by atoms with Gasteiger partial charge in [-0.25, -0.2) is 4.39 Å². The van der Waals surface area contributed by atoms with E-state index in [-0.39, 0.29) is 23.2 Å². The molecule has 0 spiro atoms. The molecule has 1 fully saturated rings. The number of ketones is 1. The highest BCUT2D eigenvalue weighted by Gasteiger charge is 2.25. The van der Waals surface area contributed by atoms with Crippen LogP contribution in [0.1, 0.15) is 41.6 Å². The van der Waals surface area contributed by atoms with Crippen LogP contribution < -0.4 is 10.5 Å². The molecule has 1 heterocycles. The number of aliphatic imine (C=N–C) groups is 1. The van der Waals surface area contributed by atoms with Crippen LogP contribution in [0.4, 0.5) is 10.2 Å². The van der Waals surface area contributed by atoms with Gasteiger partial charge in [0.1, 0.15) is 17.4 Å². The van der Waals surface area contributed by atoms with Gasteiger partial charge < -0.3 is 10.5 Å². The zero-order chi connectivity index (χ0) is 18.0. The Bertz CT molecular complexity index is 822. The minimum absolute atomic E-state index is 0.0642. The summed E-state index contributed by atoms with van der Waals surface area (Å²) in [5.41, 5.74) is 7.06. The maximum absolute atomic E-state index is 13.5. The number of hydrogen-bond acceptors (Lipinski definition) is 5. The Morgan fingerprint density at radius 1 is 1.40 bits per heavy atom. The number of ether oxygens (including phenoxy) is 1. The van der Waals surface area contributed by atoms with E-state index < -0.39 is 11.6 Å². The summed E-state index contributed by atoms with van der Waals surface area (Å²) in [7, 11) is 1.39. The lowest BCUT2D eigenvalue weighted by Gasteiger charge is -2.13. The SMILES string of the molecule is COc1cc(F)ccc1C(=O)C(=NC1CCCC1)n1ncc(C)c1N. The van der Waals surface area contributed by atoms with Crippen molar-refractivity contribution in [2.24, 2.45) is 4.99 Å². The first kappa shape index (κ1) is 17.1. The zero-order valence-corrected chi connectivity index (χ0v) is 14.3. The van der Waals surface area contributed by atoms with Crippen molar-refractivity contribution in [3.63, 3.8) is 0 Å². The van der Waals surface area contributed by atoms with Gasteiger partial charge in [-0.15, -0.1) is 0 Å². The van der Waals surface area contributed by atoms with Gasteiger partial charge >= 0.3 is 0 Å². The quantitative estimate of drug-likeness (QED) is 0.525. The molecule has 1 saturated carbocycles. The van der Waals surface area contributed by atoms with Crippen LogP contribution >= 0.6 is 0 Å². The van der Waals surface area contributed by atoms with Crippen molar-refractivity contribution < 1.29 is 13.9 Å². The molecular formula is C18H21FN4O2. The number of nitrogens with two attached hydrogens (primary N) is 1. The molecule has 1 aliphatic carbocycles. The number of anilines is 1. The summed E-state index contributed by atoms with van der Waals surface area (Å²) in [6.07, 6.45) is 5.62. The van der Waals surface area contributed by atoms with Crippen LogP contribution in [-0.2, 0) is 0 Å². The highest BCUT2D eigenvalue weighted by molar-refractivity contribution is 6.46. The molecule has 0 amide bonds. The van der Waals surface area contributed by atoms with Gasteiger partial charge in [0.05, 0.1) is 24.9 Å². The molecule has 0 aliphatic heterocycles. The highest BCUT2D eigenvalue weighted by Crippen LogP contribution is 2.25. The molecule has 7 heteroatoms. The van der Waals surface area contributed by atoms with E-state index in [1.165, 1.54) is 30.0 Å². The summed E-state index contributed by atoms with van der Waals surface area (Å²) < 4.78 is 20.0. The number of hydrogen-bond donors (Lipinski definition) is 1. The van der Waals surface area contributed by atoms with Crippen LogP contribution in [0.25, 0.3) is 0 Å². The first-order chi connectivity index (χ1) is 12.0. The second-order valence-corrected chi connectivity index (χ2v) is 6.19. The molecule has 2 N–H and O–H groups in total. The summed E-state index contributed by atoms with van der Waals surface area (Å²) in [5, 5.41) is 4.20. The van der Waals surface area contributed by atoms with E-state index in [0.29, 0.717) is 5.82 Å². The number of benzene rings is 1. The fourth-order valence-electron chi connectivity index (χ4n) is 3.00. The Hall–Kier alpha value is -2.70. The van der Waals surface area contributed by atoms with Crippen molar-refractivity contribution in [3.8, 4) is 5.75 Å². The maximum Gasteiger partial charge on any atom is 0.233 e. The number of nitrogens with zero attached hydrogens (tertiary/aromatic N) is 3. The summed E-state index contributed by atoms with van der Waals surface area (Å²) in [6.45, 7) is 1.81. The van der Waals surface area contributed by atoms with Gasteiger partial charge in [-0.3, -0.25) is 9.79 Å². The van der Waals surface area contributed by atoms with Crippen molar-refractivity contribution in [2.45, 2.75) is 38.6 Å². The van der Waals surface area contributed by atoms with Crippen LogP contribution in [-0.4, -0.2) is 34.6 Å². The summed E-state index contributed by atoms with van der Waals surface area (Å²) in [5.74, 6) is -0.198. The Morgan fingerprint density at radius 3 is 2.72 bits per heavy atom. The molecule has 0 unspecified atom stereocenters. The lowest BCUT2D eigenvalue weighted by atomic mass is 10.1. The standard InChI is InChI=1S/C18H21FN4O2/c1-11-10-21-23(17(11)20)18(22-13-5-3-4-6-13)16(24)14-8-7-12(19)9-15(14)25-2/h7-10,13H,3-6,20H2,1-2H3. The number of nitrogen functional groups attached to an aromatic ring is 1. The molecule has 6 nitrogen and oxygen atoms in total. The van der Waals surface area contributed by atoms with Crippen LogP contribution in [0.15, 0.2) is 29.4 Å². The third-order valence-corrected chi connectivity index (χ3v) is 4.44. The van der Waals surface area contributed by atoms with Gasteiger partial charge in [0.25, 0.3) is 0 Å². The number of aryl methyl sites for hydroxylation is 1. The summed E-state index contributed by atoms with van der Waals surface area (Å²) in [6, 6.07) is 3.86. The lowest BCUT2D eigenvalue weighted by molar-refractivity contribution is 0.105. The molecular weight excluding hydrogens is 323 g/mol. The Morgan fingerprint density at radius 2 is 2.12 bits per heavy atom. The van der Waals surface area contributed by atoms with Gasteiger partial charge in [-0.2, -0.15) is 9.78 Å². The number of carbonyl (C=O) groups is 1. The molecule has 0 saturated heterocycles. The van der Waals surface area contributed by atoms with E-state index >= 15 is 0 Å². The molecule has 3 rings (SSSR count). The second kappa shape index (κ2) is 7.04. The Kier molecular flexibility index (Phi) is 4.83. The number of carbonyl (C=O) groups excluding carboxylic acids is 1. The van der Waals surface area contributed by atoms with E-state index in [0.717, 1.165) is 31.2 Å². The predicted octanol–water partition coefficient (Wildman–Crippen LogP) is 2.99. The average molecular weight is 344 g/mol. The van der Waals surface area contributed by atoms with Gasteiger partial charge in [-0.05, 0) is 31.9 Å². The molecule has 0 radical (unpaired) electrons. The van der Waals surface area contributed by atoms with E-state index in [9.17, 15) is 9.18 Å². The molecule has 1 aromatic heterocycles. The highest BCUT2D eigenvalue weighted by atomic mass is 19.1. The summed E-state index contributed by atoms with van der Waals surface area (Å²) in [4.78, 5) is 17.8. The van der Waals surface area contributed by atoms with E-state index in [1.54, 1.807) is 6.20 Å². The molecule has 1 aromatic carbocycles. The number of Topliss-reactive ketones (excluding diaryl/α,β-unsaturated/α-hetero) is 1. The second-order valence-electron chi connectivity index (χ2n) is 6.19. The van der Waals surface area contributed by atoms with Crippen molar-refractivity contribution in [2.75, 3.05) is 12.8 Å². The van der Waals surface area contributed by atoms with Gasteiger partial charge in [0.15, 0.2) is 5.84 Å². The first-order valence-corrected chi connectivity index (χ1v) is 8.27. The zero-order valence-electron chi connectivity index (χ0n) is 14.3. The minimum atomic E-state index is -0.475. The topological polar surface area (TPSA) is 82.5 Å². The Balaban J connectivity index is 2.08. The van der Waals surface area contributed by atoms with Crippen molar-refractivity contribution >= 4 is 17.4 Å². The minimum Gasteiger partial charge on any atom is -0.496 e. The third kappa shape index (κ3) is 3.40.